The number of piperidine rings is 1. The summed E-state index contributed by atoms with van der Waals surface area (Å²) in [5, 5.41) is 3.17. The predicted molar refractivity (Wildman–Crippen MR) is 68.4 cm³/mol. The molecule has 0 radical (unpaired) electrons. The number of nitrogens with one attached hydrogen (secondary N) is 2. The summed E-state index contributed by atoms with van der Waals surface area (Å²) in [5.41, 5.74) is -0.0798. The SMILES string of the molecule is CNCCC1CCCCN1c1ncc[nH]c1=O. The molecule has 0 aromatic carbocycles. The second kappa shape index (κ2) is 5.82. The maximum atomic E-state index is 11.8. The van der Waals surface area contributed by atoms with E-state index in [-0.39, 0.29) is 5.56 Å². The van der Waals surface area contributed by atoms with E-state index < -0.39 is 0 Å². The molecular weight excluding hydrogens is 216 g/mol. The van der Waals surface area contributed by atoms with Crippen LogP contribution in [0.5, 0.6) is 0 Å². The van der Waals surface area contributed by atoms with E-state index in [1.807, 2.05) is 7.05 Å². The standard InChI is InChI=1S/C12H20N4O/c1-13-6-5-10-4-2-3-9-16(10)11-12(17)15-8-7-14-11/h7-8,10,13H,2-6,9H2,1H3,(H,15,17). The van der Waals surface area contributed by atoms with Crippen molar-refractivity contribution < 1.29 is 0 Å². The molecule has 1 aliphatic rings. The summed E-state index contributed by atoms with van der Waals surface area (Å²) >= 11 is 0. The maximum absolute atomic E-state index is 11.8. The first kappa shape index (κ1) is 12.1. The largest absolute Gasteiger partial charge is 0.349 e. The number of anilines is 1. The second-order valence-corrected chi connectivity index (χ2v) is 4.48. The molecule has 1 saturated heterocycles. The van der Waals surface area contributed by atoms with Crippen LogP contribution in [0.1, 0.15) is 25.7 Å². The summed E-state index contributed by atoms with van der Waals surface area (Å²) in [7, 11) is 1.96. The molecule has 0 aliphatic carbocycles. The van der Waals surface area contributed by atoms with Gasteiger partial charge in [0, 0.05) is 25.0 Å². The molecule has 2 heterocycles. The van der Waals surface area contributed by atoms with Crippen molar-refractivity contribution in [3.63, 3.8) is 0 Å². The molecule has 2 rings (SSSR count). The minimum atomic E-state index is -0.0798. The van der Waals surface area contributed by atoms with Crippen LogP contribution in [0.15, 0.2) is 17.2 Å². The van der Waals surface area contributed by atoms with Gasteiger partial charge in [0.25, 0.3) is 5.56 Å². The molecule has 1 fully saturated rings. The molecule has 1 aromatic heterocycles. The maximum Gasteiger partial charge on any atom is 0.290 e. The highest BCUT2D eigenvalue weighted by atomic mass is 16.1. The highest BCUT2D eigenvalue weighted by Gasteiger charge is 2.24. The van der Waals surface area contributed by atoms with Gasteiger partial charge in [0.2, 0.25) is 0 Å². The van der Waals surface area contributed by atoms with Gasteiger partial charge in [0.1, 0.15) is 0 Å². The highest BCUT2D eigenvalue weighted by molar-refractivity contribution is 5.37. The number of rotatable bonds is 4. The molecule has 1 unspecified atom stereocenters. The molecule has 94 valence electrons. The van der Waals surface area contributed by atoms with Crippen molar-refractivity contribution in [2.45, 2.75) is 31.7 Å². The van der Waals surface area contributed by atoms with Gasteiger partial charge in [-0.2, -0.15) is 0 Å². The first-order valence-corrected chi connectivity index (χ1v) is 6.28. The molecule has 0 bridgehead atoms. The van der Waals surface area contributed by atoms with Gasteiger partial charge in [0.15, 0.2) is 5.82 Å². The zero-order valence-electron chi connectivity index (χ0n) is 10.3. The Hall–Kier alpha value is -1.36. The number of aromatic amines is 1. The van der Waals surface area contributed by atoms with E-state index in [9.17, 15) is 4.79 Å². The Labute approximate surface area is 101 Å². The van der Waals surface area contributed by atoms with E-state index in [0.29, 0.717) is 11.9 Å². The summed E-state index contributed by atoms with van der Waals surface area (Å²) < 4.78 is 0. The number of aromatic nitrogens is 2. The third-order valence-corrected chi connectivity index (χ3v) is 3.32. The van der Waals surface area contributed by atoms with Crippen LogP contribution in [0.3, 0.4) is 0 Å². The summed E-state index contributed by atoms with van der Waals surface area (Å²) in [5.74, 6) is 0.577. The van der Waals surface area contributed by atoms with E-state index >= 15 is 0 Å². The monoisotopic (exact) mass is 236 g/mol. The molecule has 17 heavy (non-hydrogen) atoms. The highest BCUT2D eigenvalue weighted by Crippen LogP contribution is 2.22. The quantitative estimate of drug-likeness (QED) is 0.809. The lowest BCUT2D eigenvalue weighted by atomic mass is 9.99. The number of H-pyrrole nitrogens is 1. The molecule has 2 N–H and O–H groups in total. The molecule has 0 spiro atoms. The van der Waals surface area contributed by atoms with Crippen molar-refractivity contribution in [2.75, 3.05) is 25.0 Å². The minimum absolute atomic E-state index is 0.0798. The van der Waals surface area contributed by atoms with Crippen LogP contribution < -0.4 is 15.8 Å². The van der Waals surface area contributed by atoms with Gasteiger partial charge in [-0.3, -0.25) is 4.79 Å². The average molecular weight is 236 g/mol. The fourth-order valence-corrected chi connectivity index (χ4v) is 2.44. The fraction of sp³-hybridized carbons (Fsp3) is 0.667. The van der Waals surface area contributed by atoms with Crippen LogP contribution in [-0.2, 0) is 0 Å². The van der Waals surface area contributed by atoms with Crippen LogP contribution in [0.2, 0.25) is 0 Å². The lowest BCUT2D eigenvalue weighted by Crippen LogP contribution is -2.44. The van der Waals surface area contributed by atoms with Crippen molar-refractivity contribution in [3.05, 3.63) is 22.7 Å². The minimum Gasteiger partial charge on any atom is -0.349 e. The normalized spacial score (nSPS) is 20.5. The van der Waals surface area contributed by atoms with Crippen molar-refractivity contribution in [1.29, 1.82) is 0 Å². The summed E-state index contributed by atoms with van der Waals surface area (Å²) in [4.78, 5) is 20.8. The molecule has 0 saturated carbocycles. The van der Waals surface area contributed by atoms with Crippen LogP contribution in [-0.4, -0.2) is 36.1 Å². The predicted octanol–water partition coefficient (Wildman–Crippen LogP) is 0.738. The number of hydrogen-bond donors (Lipinski definition) is 2. The van der Waals surface area contributed by atoms with Crippen molar-refractivity contribution >= 4 is 5.82 Å². The molecule has 0 amide bonds. The van der Waals surface area contributed by atoms with Crippen LogP contribution in [0.4, 0.5) is 5.82 Å². The lowest BCUT2D eigenvalue weighted by Gasteiger charge is -2.36. The van der Waals surface area contributed by atoms with Crippen molar-refractivity contribution in [2.24, 2.45) is 0 Å². The Balaban J connectivity index is 2.16. The summed E-state index contributed by atoms with van der Waals surface area (Å²) in [6.45, 7) is 1.92. The molecule has 5 heteroatoms. The molecule has 1 atom stereocenters. The Bertz CT molecular complexity index is 403. The Morgan fingerprint density at radius 3 is 3.24 bits per heavy atom. The summed E-state index contributed by atoms with van der Waals surface area (Å²) in [6, 6.07) is 0.437. The zero-order valence-corrected chi connectivity index (χ0v) is 10.3. The van der Waals surface area contributed by atoms with Crippen LogP contribution >= 0.6 is 0 Å². The van der Waals surface area contributed by atoms with Crippen LogP contribution in [0.25, 0.3) is 0 Å². The number of nitrogens with zero attached hydrogens (tertiary/aromatic N) is 2. The summed E-state index contributed by atoms with van der Waals surface area (Å²) in [6.07, 6.45) is 7.84. The van der Waals surface area contributed by atoms with E-state index in [0.717, 1.165) is 32.4 Å². The topological polar surface area (TPSA) is 61.0 Å². The van der Waals surface area contributed by atoms with Gasteiger partial charge in [-0.05, 0) is 39.3 Å². The average Bonchev–Trinajstić information content (AvgIpc) is 2.37. The van der Waals surface area contributed by atoms with Crippen molar-refractivity contribution in [1.82, 2.24) is 15.3 Å². The smallest absolute Gasteiger partial charge is 0.290 e. The second-order valence-electron chi connectivity index (χ2n) is 4.48. The van der Waals surface area contributed by atoms with E-state index in [4.69, 9.17) is 0 Å². The Morgan fingerprint density at radius 2 is 2.47 bits per heavy atom. The molecule has 5 nitrogen and oxygen atoms in total. The van der Waals surface area contributed by atoms with Gasteiger partial charge in [0.05, 0.1) is 0 Å². The van der Waals surface area contributed by atoms with Crippen molar-refractivity contribution in [3.8, 4) is 0 Å². The van der Waals surface area contributed by atoms with E-state index in [1.165, 1.54) is 6.42 Å². The molecular formula is C12H20N4O. The van der Waals surface area contributed by atoms with E-state index in [1.54, 1.807) is 12.4 Å². The zero-order chi connectivity index (χ0) is 12.1. The first-order valence-electron chi connectivity index (χ1n) is 6.28. The molecule has 1 aromatic rings. The molecule has 1 aliphatic heterocycles. The van der Waals surface area contributed by atoms with Gasteiger partial charge in [-0.15, -0.1) is 0 Å². The third-order valence-electron chi connectivity index (χ3n) is 3.32. The van der Waals surface area contributed by atoms with Gasteiger partial charge >= 0.3 is 0 Å². The van der Waals surface area contributed by atoms with Gasteiger partial charge in [-0.1, -0.05) is 0 Å². The third kappa shape index (κ3) is 2.85. The Morgan fingerprint density at radius 1 is 1.59 bits per heavy atom. The first-order chi connectivity index (χ1) is 8.33. The van der Waals surface area contributed by atoms with Gasteiger partial charge < -0.3 is 15.2 Å². The van der Waals surface area contributed by atoms with Crippen LogP contribution in [0, 0.1) is 0 Å². The van der Waals surface area contributed by atoms with Gasteiger partial charge in [-0.25, -0.2) is 4.98 Å². The fourth-order valence-electron chi connectivity index (χ4n) is 2.44. The Kier molecular flexibility index (Phi) is 4.14. The lowest BCUT2D eigenvalue weighted by molar-refractivity contribution is 0.429. The number of hydrogen-bond acceptors (Lipinski definition) is 4. The van der Waals surface area contributed by atoms with E-state index in [2.05, 4.69) is 20.2 Å².